The number of hydrogen-bond donors (Lipinski definition) is 1. The van der Waals surface area contributed by atoms with Crippen LogP contribution in [0.25, 0.3) is 0 Å². The summed E-state index contributed by atoms with van der Waals surface area (Å²) in [5, 5.41) is 10.7. The molecule has 0 aromatic carbocycles. The summed E-state index contributed by atoms with van der Waals surface area (Å²) in [6, 6.07) is 3.31. The van der Waals surface area contributed by atoms with E-state index in [0.717, 1.165) is 0 Å². The molecule has 0 amide bonds. The van der Waals surface area contributed by atoms with Crippen LogP contribution in [0.5, 0.6) is 5.75 Å². The molecule has 2 aliphatic rings. The molecule has 1 aromatic heterocycles. The molecule has 0 radical (unpaired) electrons. The monoisotopic (exact) mass is 279 g/mol. The zero-order valence-electron chi connectivity index (χ0n) is 11.1. The number of rotatable bonds is 3. The van der Waals surface area contributed by atoms with Crippen LogP contribution in [0, 0.1) is 0 Å². The number of pyridine rings is 1. The Kier molecular flexibility index (Phi) is 3.45. The molecule has 6 heteroatoms. The number of hydrogen-bond acceptors (Lipinski definition) is 6. The van der Waals surface area contributed by atoms with Gasteiger partial charge in [-0.15, -0.1) is 0 Å². The van der Waals surface area contributed by atoms with Crippen LogP contribution >= 0.6 is 0 Å². The summed E-state index contributed by atoms with van der Waals surface area (Å²) < 4.78 is 16.0. The molecule has 1 aliphatic carbocycles. The Hall–Kier alpha value is -1.50. The molecule has 1 saturated heterocycles. The van der Waals surface area contributed by atoms with E-state index < -0.39 is 11.4 Å². The number of carbonyl (C=O) groups excluding carboxylic acids is 1. The summed E-state index contributed by atoms with van der Waals surface area (Å²) in [5.74, 6) is -0.144. The van der Waals surface area contributed by atoms with E-state index in [1.165, 1.54) is 6.20 Å². The lowest BCUT2D eigenvalue weighted by Gasteiger charge is -2.40. The van der Waals surface area contributed by atoms with Crippen molar-refractivity contribution in [1.82, 2.24) is 4.98 Å². The van der Waals surface area contributed by atoms with Crippen LogP contribution < -0.4 is 4.74 Å². The molecule has 1 aliphatic heterocycles. The molecule has 2 fully saturated rings. The van der Waals surface area contributed by atoms with E-state index in [1.807, 2.05) is 0 Å². The average molecular weight is 279 g/mol. The van der Waals surface area contributed by atoms with Gasteiger partial charge in [0.15, 0.2) is 5.79 Å². The Morgan fingerprint density at radius 1 is 1.20 bits per heavy atom. The topological polar surface area (TPSA) is 77.9 Å². The number of nitrogens with zero attached hydrogens (tertiary/aromatic N) is 1. The van der Waals surface area contributed by atoms with Crippen LogP contribution in [0.2, 0.25) is 0 Å². The molecular weight excluding hydrogens is 262 g/mol. The average Bonchev–Trinajstić information content (AvgIpc) is 2.93. The lowest BCUT2D eigenvalue weighted by atomic mass is 9.79. The Morgan fingerprint density at radius 2 is 1.90 bits per heavy atom. The van der Waals surface area contributed by atoms with Gasteiger partial charge in [0.1, 0.15) is 11.4 Å². The molecule has 108 valence electrons. The molecule has 0 atom stereocenters. The van der Waals surface area contributed by atoms with Gasteiger partial charge in [0.25, 0.3) is 6.47 Å². The Bertz CT molecular complexity index is 471. The predicted octanol–water partition coefficient (Wildman–Crippen LogP) is 1.12. The highest BCUT2D eigenvalue weighted by Crippen LogP contribution is 2.44. The molecule has 20 heavy (non-hydrogen) atoms. The van der Waals surface area contributed by atoms with Crippen LogP contribution in [0.3, 0.4) is 0 Å². The summed E-state index contributed by atoms with van der Waals surface area (Å²) in [4.78, 5) is 14.4. The standard InChI is InChI=1S/C14H17NO5/c16-10-18-11-1-2-12(15-9-11)13(17)3-5-14(6-4-13)19-7-8-20-14/h1-2,9-10,17H,3-8H2. The fourth-order valence-electron chi connectivity index (χ4n) is 2.87. The third kappa shape index (κ3) is 2.42. The van der Waals surface area contributed by atoms with E-state index in [0.29, 0.717) is 56.8 Å². The third-order valence-electron chi connectivity index (χ3n) is 4.05. The number of ether oxygens (including phenoxy) is 3. The quantitative estimate of drug-likeness (QED) is 0.835. The zero-order chi connectivity index (χ0) is 14.1. The minimum absolute atomic E-state index is 0.352. The first-order chi connectivity index (χ1) is 9.66. The van der Waals surface area contributed by atoms with Gasteiger partial charge < -0.3 is 19.3 Å². The summed E-state index contributed by atoms with van der Waals surface area (Å²) in [6.07, 6.45) is 3.81. The summed E-state index contributed by atoms with van der Waals surface area (Å²) in [6.45, 7) is 1.59. The van der Waals surface area contributed by atoms with Gasteiger partial charge >= 0.3 is 0 Å². The molecule has 3 rings (SSSR count). The molecule has 2 heterocycles. The van der Waals surface area contributed by atoms with E-state index in [2.05, 4.69) is 4.98 Å². The van der Waals surface area contributed by atoms with Gasteiger partial charge in [-0.1, -0.05) is 0 Å². The smallest absolute Gasteiger partial charge is 0.298 e. The minimum Gasteiger partial charge on any atom is -0.427 e. The second-order valence-corrected chi connectivity index (χ2v) is 5.23. The van der Waals surface area contributed by atoms with Gasteiger partial charge in [-0.2, -0.15) is 0 Å². The molecule has 0 unspecified atom stereocenters. The van der Waals surface area contributed by atoms with Crippen molar-refractivity contribution in [2.45, 2.75) is 37.1 Å². The van der Waals surface area contributed by atoms with Gasteiger partial charge in [0.2, 0.25) is 0 Å². The second-order valence-electron chi connectivity index (χ2n) is 5.23. The van der Waals surface area contributed by atoms with E-state index in [9.17, 15) is 9.90 Å². The molecular formula is C14H17NO5. The second kappa shape index (κ2) is 5.12. The van der Waals surface area contributed by atoms with E-state index >= 15 is 0 Å². The van der Waals surface area contributed by atoms with Crippen LogP contribution in [-0.4, -0.2) is 35.6 Å². The first-order valence-electron chi connectivity index (χ1n) is 6.73. The highest BCUT2D eigenvalue weighted by atomic mass is 16.7. The maximum atomic E-state index is 10.7. The highest BCUT2D eigenvalue weighted by molar-refractivity contribution is 5.44. The molecule has 1 saturated carbocycles. The number of aromatic nitrogens is 1. The maximum Gasteiger partial charge on any atom is 0.298 e. The first kappa shape index (κ1) is 13.5. The zero-order valence-corrected chi connectivity index (χ0v) is 11.1. The van der Waals surface area contributed by atoms with Gasteiger partial charge in [0.05, 0.1) is 25.1 Å². The van der Waals surface area contributed by atoms with Gasteiger partial charge in [-0.25, -0.2) is 0 Å². The third-order valence-corrected chi connectivity index (χ3v) is 4.05. The van der Waals surface area contributed by atoms with Crippen LogP contribution in [0.1, 0.15) is 31.4 Å². The largest absolute Gasteiger partial charge is 0.427 e. The molecule has 0 bridgehead atoms. The number of aliphatic hydroxyl groups is 1. The fourth-order valence-corrected chi connectivity index (χ4v) is 2.87. The molecule has 6 nitrogen and oxygen atoms in total. The Morgan fingerprint density at radius 3 is 2.45 bits per heavy atom. The van der Waals surface area contributed by atoms with E-state index in [4.69, 9.17) is 14.2 Å². The van der Waals surface area contributed by atoms with Crippen molar-refractivity contribution in [1.29, 1.82) is 0 Å². The molecule has 1 aromatic rings. The lowest BCUT2D eigenvalue weighted by Crippen LogP contribution is -2.42. The first-order valence-corrected chi connectivity index (χ1v) is 6.73. The lowest BCUT2D eigenvalue weighted by molar-refractivity contribution is -0.204. The van der Waals surface area contributed by atoms with Crippen molar-refractivity contribution in [2.75, 3.05) is 13.2 Å². The van der Waals surface area contributed by atoms with Gasteiger partial charge in [-0.05, 0) is 25.0 Å². The normalized spacial score (nSPS) is 23.6. The molecule has 1 N–H and O–H groups in total. The van der Waals surface area contributed by atoms with Gasteiger partial charge in [0, 0.05) is 12.8 Å². The minimum atomic E-state index is -0.972. The summed E-state index contributed by atoms with van der Waals surface area (Å²) in [5.41, 5.74) is -0.385. The van der Waals surface area contributed by atoms with Crippen LogP contribution in [0.4, 0.5) is 0 Å². The molecule has 1 spiro atoms. The van der Waals surface area contributed by atoms with Crippen molar-refractivity contribution in [2.24, 2.45) is 0 Å². The van der Waals surface area contributed by atoms with E-state index in [1.54, 1.807) is 12.1 Å². The number of carbonyl (C=O) groups is 1. The fraction of sp³-hybridized carbons (Fsp3) is 0.571. The van der Waals surface area contributed by atoms with Crippen molar-refractivity contribution in [3.63, 3.8) is 0 Å². The van der Waals surface area contributed by atoms with E-state index in [-0.39, 0.29) is 0 Å². The maximum absolute atomic E-state index is 10.7. The van der Waals surface area contributed by atoms with Crippen molar-refractivity contribution >= 4 is 6.47 Å². The van der Waals surface area contributed by atoms with Crippen molar-refractivity contribution in [3.8, 4) is 5.75 Å². The van der Waals surface area contributed by atoms with Crippen LogP contribution in [-0.2, 0) is 19.9 Å². The van der Waals surface area contributed by atoms with Crippen molar-refractivity contribution in [3.05, 3.63) is 24.0 Å². The van der Waals surface area contributed by atoms with Gasteiger partial charge in [-0.3, -0.25) is 9.78 Å². The predicted molar refractivity (Wildman–Crippen MR) is 67.9 cm³/mol. The highest BCUT2D eigenvalue weighted by Gasteiger charge is 2.46. The van der Waals surface area contributed by atoms with Crippen LogP contribution in [0.15, 0.2) is 18.3 Å². The Labute approximate surface area is 116 Å². The summed E-state index contributed by atoms with van der Waals surface area (Å²) in [7, 11) is 0. The Balaban J connectivity index is 1.71. The SMILES string of the molecule is O=COc1ccc(C2(O)CCC3(CC2)OCCO3)nc1. The van der Waals surface area contributed by atoms with Crippen molar-refractivity contribution < 1.29 is 24.1 Å². The summed E-state index contributed by atoms with van der Waals surface area (Å²) >= 11 is 0.